The van der Waals surface area contributed by atoms with Gasteiger partial charge in [-0.1, -0.05) is 24.3 Å². The number of fused-ring (bicyclic) bond motifs is 1. The number of aromatic nitrogens is 4. The lowest BCUT2D eigenvalue weighted by Gasteiger charge is -2.32. The van der Waals surface area contributed by atoms with E-state index in [1.54, 1.807) is 12.4 Å². The van der Waals surface area contributed by atoms with Crippen LogP contribution in [-0.4, -0.2) is 62.6 Å². The molecule has 0 saturated carbocycles. The van der Waals surface area contributed by atoms with Crippen LogP contribution in [0.3, 0.4) is 0 Å². The first-order valence-electron chi connectivity index (χ1n) is 10.0. The SMILES string of the molecule is CN1CCN(Cc2ccc(-c3cnc4ccc(-c5ccncc5)nn34)cc2)CC1. The topological polar surface area (TPSA) is 49.6 Å². The molecule has 0 aliphatic carbocycles. The first-order chi connectivity index (χ1) is 14.3. The molecule has 6 nitrogen and oxygen atoms in total. The van der Waals surface area contributed by atoms with Gasteiger partial charge in [0.2, 0.25) is 0 Å². The number of imidazole rings is 1. The van der Waals surface area contributed by atoms with E-state index in [-0.39, 0.29) is 0 Å². The van der Waals surface area contributed by atoms with Gasteiger partial charge in [0.25, 0.3) is 0 Å². The second-order valence-electron chi connectivity index (χ2n) is 7.64. The fourth-order valence-electron chi connectivity index (χ4n) is 3.79. The van der Waals surface area contributed by atoms with Crippen LogP contribution in [0.5, 0.6) is 0 Å². The molecule has 4 aromatic rings. The van der Waals surface area contributed by atoms with Crippen molar-refractivity contribution in [2.45, 2.75) is 6.54 Å². The Bertz CT molecular complexity index is 1100. The van der Waals surface area contributed by atoms with E-state index in [4.69, 9.17) is 5.10 Å². The molecule has 0 N–H and O–H groups in total. The molecule has 0 spiro atoms. The summed E-state index contributed by atoms with van der Waals surface area (Å²) < 4.78 is 1.92. The third kappa shape index (κ3) is 3.77. The normalized spacial score (nSPS) is 15.8. The Morgan fingerprint density at radius 3 is 2.34 bits per heavy atom. The molecular weight excluding hydrogens is 360 g/mol. The van der Waals surface area contributed by atoms with Gasteiger partial charge in [-0.2, -0.15) is 5.10 Å². The molecule has 0 bridgehead atoms. The molecule has 1 aliphatic rings. The molecule has 3 aromatic heterocycles. The van der Waals surface area contributed by atoms with Gasteiger partial charge in [-0.15, -0.1) is 0 Å². The fourth-order valence-corrected chi connectivity index (χ4v) is 3.79. The first kappa shape index (κ1) is 18.0. The minimum absolute atomic E-state index is 0.847. The molecule has 1 fully saturated rings. The number of nitrogens with zero attached hydrogens (tertiary/aromatic N) is 6. The summed E-state index contributed by atoms with van der Waals surface area (Å²) >= 11 is 0. The van der Waals surface area contributed by atoms with Gasteiger partial charge in [-0.05, 0) is 36.9 Å². The highest BCUT2D eigenvalue weighted by Gasteiger charge is 2.14. The van der Waals surface area contributed by atoms with Gasteiger partial charge < -0.3 is 4.90 Å². The summed E-state index contributed by atoms with van der Waals surface area (Å²) in [6.45, 7) is 5.56. The maximum absolute atomic E-state index is 4.82. The highest BCUT2D eigenvalue weighted by molar-refractivity contribution is 5.65. The monoisotopic (exact) mass is 384 g/mol. The number of likely N-dealkylation sites (N-methyl/N-ethyl adjacent to an activating group) is 1. The van der Waals surface area contributed by atoms with E-state index in [1.165, 1.54) is 5.56 Å². The van der Waals surface area contributed by atoms with E-state index in [1.807, 2.05) is 35.0 Å². The summed E-state index contributed by atoms with van der Waals surface area (Å²) in [5.74, 6) is 0. The molecule has 1 aliphatic heterocycles. The molecule has 0 radical (unpaired) electrons. The Morgan fingerprint density at radius 1 is 0.828 bits per heavy atom. The third-order valence-electron chi connectivity index (χ3n) is 5.59. The van der Waals surface area contributed by atoms with Crippen LogP contribution < -0.4 is 0 Å². The van der Waals surface area contributed by atoms with E-state index in [0.29, 0.717) is 0 Å². The predicted octanol–water partition coefficient (Wildman–Crippen LogP) is 3.21. The van der Waals surface area contributed by atoms with Crippen LogP contribution in [0, 0.1) is 0 Å². The van der Waals surface area contributed by atoms with Crippen molar-refractivity contribution in [1.82, 2.24) is 29.4 Å². The molecule has 1 saturated heterocycles. The number of benzene rings is 1. The molecular formula is C23H24N6. The minimum Gasteiger partial charge on any atom is -0.304 e. The van der Waals surface area contributed by atoms with Gasteiger partial charge in [-0.25, -0.2) is 9.50 Å². The maximum Gasteiger partial charge on any atom is 0.154 e. The summed E-state index contributed by atoms with van der Waals surface area (Å²) in [5, 5.41) is 4.82. The Labute approximate surface area is 170 Å². The zero-order chi connectivity index (χ0) is 19.6. The van der Waals surface area contributed by atoms with E-state index in [2.05, 4.69) is 51.1 Å². The van der Waals surface area contributed by atoms with Crippen molar-refractivity contribution in [3.63, 3.8) is 0 Å². The summed E-state index contributed by atoms with van der Waals surface area (Å²) in [4.78, 5) is 13.5. The summed E-state index contributed by atoms with van der Waals surface area (Å²) in [6.07, 6.45) is 5.47. The highest BCUT2D eigenvalue weighted by Crippen LogP contribution is 2.23. The molecule has 0 unspecified atom stereocenters. The Kier molecular flexibility index (Phi) is 4.79. The molecule has 0 atom stereocenters. The van der Waals surface area contributed by atoms with Gasteiger partial charge in [0.1, 0.15) is 0 Å². The molecule has 1 aromatic carbocycles. The van der Waals surface area contributed by atoms with Crippen molar-refractivity contribution in [2.75, 3.05) is 33.2 Å². The second-order valence-corrected chi connectivity index (χ2v) is 7.64. The predicted molar refractivity (Wildman–Crippen MR) is 114 cm³/mol. The van der Waals surface area contributed by atoms with Gasteiger partial charge in [0.15, 0.2) is 5.65 Å². The summed E-state index contributed by atoms with van der Waals surface area (Å²) in [7, 11) is 2.19. The van der Waals surface area contributed by atoms with E-state index in [0.717, 1.165) is 60.9 Å². The van der Waals surface area contributed by atoms with Crippen molar-refractivity contribution in [3.8, 4) is 22.5 Å². The molecule has 0 amide bonds. The smallest absolute Gasteiger partial charge is 0.154 e. The number of hydrogen-bond acceptors (Lipinski definition) is 5. The summed E-state index contributed by atoms with van der Waals surface area (Å²) in [6, 6.07) is 16.7. The second kappa shape index (κ2) is 7.73. The lowest BCUT2D eigenvalue weighted by Crippen LogP contribution is -2.43. The summed E-state index contributed by atoms with van der Waals surface area (Å²) in [5.41, 5.74) is 6.27. The van der Waals surface area contributed by atoms with Crippen molar-refractivity contribution in [3.05, 3.63) is 72.7 Å². The van der Waals surface area contributed by atoms with Crippen LogP contribution >= 0.6 is 0 Å². The average molecular weight is 384 g/mol. The lowest BCUT2D eigenvalue weighted by atomic mass is 10.1. The average Bonchev–Trinajstić information content (AvgIpc) is 3.20. The van der Waals surface area contributed by atoms with E-state index in [9.17, 15) is 0 Å². The molecule has 5 rings (SSSR count). The highest BCUT2D eigenvalue weighted by atomic mass is 15.3. The number of piperazine rings is 1. The van der Waals surface area contributed by atoms with Gasteiger partial charge in [-0.3, -0.25) is 9.88 Å². The number of pyridine rings is 1. The fraction of sp³-hybridized carbons (Fsp3) is 0.261. The Morgan fingerprint density at radius 2 is 1.59 bits per heavy atom. The van der Waals surface area contributed by atoms with Crippen LogP contribution in [0.1, 0.15) is 5.56 Å². The zero-order valence-corrected chi connectivity index (χ0v) is 16.6. The minimum atomic E-state index is 0.847. The lowest BCUT2D eigenvalue weighted by molar-refractivity contribution is 0.148. The molecule has 146 valence electrons. The van der Waals surface area contributed by atoms with Crippen LogP contribution in [0.4, 0.5) is 0 Å². The largest absolute Gasteiger partial charge is 0.304 e. The van der Waals surface area contributed by atoms with Gasteiger partial charge >= 0.3 is 0 Å². The Hall–Kier alpha value is -3.09. The molecule has 6 heteroatoms. The van der Waals surface area contributed by atoms with Crippen LogP contribution in [0.15, 0.2) is 67.1 Å². The zero-order valence-electron chi connectivity index (χ0n) is 16.6. The number of hydrogen-bond donors (Lipinski definition) is 0. The van der Waals surface area contributed by atoms with Crippen LogP contribution in [0.25, 0.3) is 28.2 Å². The van der Waals surface area contributed by atoms with E-state index >= 15 is 0 Å². The van der Waals surface area contributed by atoms with Gasteiger partial charge in [0, 0.05) is 56.2 Å². The van der Waals surface area contributed by atoms with Gasteiger partial charge in [0.05, 0.1) is 17.6 Å². The van der Waals surface area contributed by atoms with Crippen LogP contribution in [0.2, 0.25) is 0 Å². The van der Waals surface area contributed by atoms with Crippen molar-refractivity contribution in [1.29, 1.82) is 0 Å². The first-order valence-corrected chi connectivity index (χ1v) is 10.0. The van der Waals surface area contributed by atoms with Crippen LogP contribution in [-0.2, 0) is 6.54 Å². The molecule has 29 heavy (non-hydrogen) atoms. The Balaban J connectivity index is 1.40. The third-order valence-corrected chi connectivity index (χ3v) is 5.59. The quantitative estimate of drug-likeness (QED) is 0.541. The van der Waals surface area contributed by atoms with Crippen molar-refractivity contribution < 1.29 is 0 Å². The van der Waals surface area contributed by atoms with Crippen molar-refractivity contribution >= 4 is 5.65 Å². The maximum atomic E-state index is 4.82. The standard InChI is InChI=1S/C23H24N6/c1-27-12-14-28(15-13-27)17-18-2-4-20(5-3-18)22-16-25-23-7-6-21(26-29(22)23)19-8-10-24-11-9-19/h2-11,16H,12-15,17H2,1H3. The molecule has 4 heterocycles. The van der Waals surface area contributed by atoms with Crippen molar-refractivity contribution in [2.24, 2.45) is 0 Å². The number of rotatable bonds is 4. The van der Waals surface area contributed by atoms with E-state index < -0.39 is 0 Å².